The van der Waals surface area contributed by atoms with Crippen molar-refractivity contribution in [3.05, 3.63) is 37.1 Å². The van der Waals surface area contributed by atoms with Gasteiger partial charge in [0.05, 0.1) is 17.5 Å². The van der Waals surface area contributed by atoms with Gasteiger partial charge in [-0.2, -0.15) is 0 Å². The summed E-state index contributed by atoms with van der Waals surface area (Å²) in [4.78, 5) is 8.48. The number of ether oxygens (including phenoxy) is 1. The largest absolute Gasteiger partial charge is 0.381 e. The van der Waals surface area contributed by atoms with E-state index >= 15 is 0 Å². The summed E-state index contributed by atoms with van der Waals surface area (Å²) in [6.45, 7) is 5.09. The van der Waals surface area contributed by atoms with E-state index in [0.717, 1.165) is 31.0 Å². The molecule has 0 saturated carbocycles. The normalized spacial score (nSPS) is 21.6. The molecule has 1 aliphatic rings. The molecule has 106 valence electrons. The monoisotopic (exact) mass is 272 g/mol. The van der Waals surface area contributed by atoms with Crippen LogP contribution in [0.4, 0.5) is 5.69 Å². The maximum Gasteiger partial charge on any atom is 0.137 e. The van der Waals surface area contributed by atoms with Crippen molar-refractivity contribution in [2.24, 2.45) is 0 Å². The Kier molecular flexibility index (Phi) is 3.44. The van der Waals surface area contributed by atoms with Gasteiger partial charge >= 0.3 is 0 Å². The Morgan fingerprint density at radius 3 is 2.95 bits per heavy atom. The molecule has 1 N–H and O–H groups in total. The van der Waals surface area contributed by atoms with Crippen molar-refractivity contribution in [1.29, 1.82) is 0 Å². The summed E-state index contributed by atoms with van der Waals surface area (Å²) in [7, 11) is 0. The number of imidazole rings is 1. The van der Waals surface area contributed by atoms with Crippen molar-refractivity contribution in [3.8, 4) is 5.82 Å². The number of nitrogens with zero attached hydrogens (tertiary/aromatic N) is 3. The van der Waals surface area contributed by atoms with Crippen LogP contribution in [0, 0.1) is 0 Å². The molecule has 0 spiro atoms. The van der Waals surface area contributed by atoms with Crippen LogP contribution < -0.4 is 5.32 Å². The molecule has 5 nitrogen and oxygen atoms in total. The van der Waals surface area contributed by atoms with Crippen LogP contribution in [-0.2, 0) is 4.74 Å². The van der Waals surface area contributed by atoms with E-state index in [1.165, 1.54) is 0 Å². The first-order chi connectivity index (χ1) is 9.62. The molecule has 1 atom stereocenters. The van der Waals surface area contributed by atoms with Gasteiger partial charge in [0.2, 0.25) is 0 Å². The molecule has 0 amide bonds. The van der Waals surface area contributed by atoms with E-state index in [0.29, 0.717) is 6.04 Å². The van der Waals surface area contributed by atoms with Gasteiger partial charge in [0.1, 0.15) is 12.1 Å². The van der Waals surface area contributed by atoms with Crippen molar-refractivity contribution >= 4 is 5.69 Å². The summed E-state index contributed by atoms with van der Waals surface area (Å²) in [5, 5.41) is 3.54. The predicted molar refractivity (Wildman–Crippen MR) is 78.0 cm³/mol. The highest BCUT2D eigenvalue weighted by Crippen LogP contribution is 2.26. The van der Waals surface area contributed by atoms with E-state index in [1.807, 2.05) is 23.0 Å². The lowest BCUT2D eigenvalue weighted by Gasteiger charge is -2.36. The van der Waals surface area contributed by atoms with Gasteiger partial charge in [-0.25, -0.2) is 9.97 Å². The zero-order chi connectivity index (χ0) is 14.0. The van der Waals surface area contributed by atoms with Gasteiger partial charge in [-0.3, -0.25) is 4.57 Å². The number of hydrogen-bond donors (Lipinski definition) is 1. The molecule has 1 fully saturated rings. The van der Waals surface area contributed by atoms with Crippen LogP contribution in [0.1, 0.15) is 26.7 Å². The zero-order valence-electron chi connectivity index (χ0n) is 11.9. The molecule has 3 heterocycles. The Balaban J connectivity index is 1.66. The molecule has 2 aromatic heterocycles. The predicted octanol–water partition coefficient (Wildman–Crippen LogP) is 2.64. The molecule has 0 aliphatic carbocycles. The minimum absolute atomic E-state index is 0.0416. The second kappa shape index (κ2) is 5.25. The van der Waals surface area contributed by atoms with Crippen LogP contribution >= 0.6 is 0 Å². The van der Waals surface area contributed by atoms with Crippen molar-refractivity contribution in [2.45, 2.75) is 38.3 Å². The summed E-state index contributed by atoms with van der Waals surface area (Å²) in [6.07, 6.45) is 9.30. The molecule has 5 heteroatoms. The molecule has 2 aromatic rings. The van der Waals surface area contributed by atoms with Crippen molar-refractivity contribution in [3.63, 3.8) is 0 Å². The minimum Gasteiger partial charge on any atom is -0.381 e. The van der Waals surface area contributed by atoms with Crippen molar-refractivity contribution < 1.29 is 4.74 Å². The van der Waals surface area contributed by atoms with Crippen LogP contribution in [0.3, 0.4) is 0 Å². The summed E-state index contributed by atoms with van der Waals surface area (Å²) in [6, 6.07) is 4.50. The number of aromatic nitrogens is 3. The van der Waals surface area contributed by atoms with E-state index in [-0.39, 0.29) is 5.60 Å². The fraction of sp³-hybridized carbons (Fsp3) is 0.467. The van der Waals surface area contributed by atoms with Crippen LogP contribution in [-0.4, -0.2) is 32.8 Å². The van der Waals surface area contributed by atoms with E-state index in [4.69, 9.17) is 4.74 Å². The standard InChI is InChI=1S/C15H20N4O/c1-15(2)9-12(5-8-20-15)18-13-3-4-14(17-10-13)19-7-6-16-11-19/h3-4,6-7,10-12,18H,5,8-9H2,1-2H3. The van der Waals surface area contributed by atoms with E-state index in [2.05, 4.69) is 35.2 Å². The van der Waals surface area contributed by atoms with Crippen molar-refractivity contribution in [1.82, 2.24) is 14.5 Å². The van der Waals surface area contributed by atoms with Crippen LogP contribution in [0.2, 0.25) is 0 Å². The fourth-order valence-electron chi connectivity index (χ4n) is 2.61. The molecule has 0 bridgehead atoms. The van der Waals surface area contributed by atoms with E-state index in [1.54, 1.807) is 12.5 Å². The second-order valence-corrected chi connectivity index (χ2v) is 5.82. The molecular weight excluding hydrogens is 252 g/mol. The Labute approximate surface area is 119 Å². The Hall–Kier alpha value is -1.88. The maximum absolute atomic E-state index is 5.74. The molecule has 0 aromatic carbocycles. The SMILES string of the molecule is CC1(C)CC(Nc2ccc(-n3ccnc3)nc2)CCO1. The Morgan fingerprint density at radius 2 is 2.30 bits per heavy atom. The Morgan fingerprint density at radius 1 is 1.40 bits per heavy atom. The summed E-state index contributed by atoms with van der Waals surface area (Å²) in [5.41, 5.74) is 1.01. The molecular formula is C15H20N4O. The van der Waals surface area contributed by atoms with Gasteiger partial charge in [-0.05, 0) is 38.8 Å². The quantitative estimate of drug-likeness (QED) is 0.933. The zero-order valence-corrected chi connectivity index (χ0v) is 11.9. The van der Waals surface area contributed by atoms with E-state index in [9.17, 15) is 0 Å². The lowest BCUT2D eigenvalue weighted by molar-refractivity contribution is -0.0553. The van der Waals surface area contributed by atoms with Crippen LogP contribution in [0.15, 0.2) is 37.1 Å². The van der Waals surface area contributed by atoms with Gasteiger partial charge in [0, 0.05) is 25.0 Å². The Bertz CT molecular complexity index is 548. The van der Waals surface area contributed by atoms with Gasteiger partial charge in [0.15, 0.2) is 0 Å². The van der Waals surface area contributed by atoms with Crippen LogP contribution in [0.5, 0.6) is 0 Å². The van der Waals surface area contributed by atoms with Gasteiger partial charge < -0.3 is 10.1 Å². The first-order valence-corrected chi connectivity index (χ1v) is 6.97. The number of nitrogens with one attached hydrogen (secondary N) is 1. The smallest absolute Gasteiger partial charge is 0.137 e. The lowest BCUT2D eigenvalue weighted by atomic mass is 9.94. The highest BCUT2D eigenvalue weighted by atomic mass is 16.5. The fourth-order valence-corrected chi connectivity index (χ4v) is 2.61. The lowest BCUT2D eigenvalue weighted by Crippen LogP contribution is -2.40. The summed E-state index contributed by atoms with van der Waals surface area (Å²) in [5.74, 6) is 0.875. The van der Waals surface area contributed by atoms with Crippen molar-refractivity contribution in [2.75, 3.05) is 11.9 Å². The van der Waals surface area contributed by atoms with Crippen LogP contribution in [0.25, 0.3) is 5.82 Å². The first-order valence-electron chi connectivity index (χ1n) is 6.97. The summed E-state index contributed by atoms with van der Waals surface area (Å²) < 4.78 is 7.63. The highest BCUT2D eigenvalue weighted by molar-refractivity contribution is 5.44. The maximum atomic E-state index is 5.74. The summed E-state index contributed by atoms with van der Waals surface area (Å²) >= 11 is 0. The second-order valence-electron chi connectivity index (χ2n) is 5.82. The number of anilines is 1. The van der Waals surface area contributed by atoms with E-state index < -0.39 is 0 Å². The molecule has 0 radical (unpaired) electrons. The molecule has 1 saturated heterocycles. The van der Waals surface area contributed by atoms with Gasteiger partial charge in [-0.15, -0.1) is 0 Å². The topological polar surface area (TPSA) is 52.0 Å². The molecule has 20 heavy (non-hydrogen) atoms. The third-order valence-electron chi connectivity index (χ3n) is 3.58. The number of rotatable bonds is 3. The third kappa shape index (κ3) is 2.99. The minimum atomic E-state index is -0.0416. The van der Waals surface area contributed by atoms with Gasteiger partial charge in [-0.1, -0.05) is 0 Å². The first kappa shape index (κ1) is 13.1. The molecule has 3 rings (SSSR count). The molecule has 1 unspecified atom stereocenters. The third-order valence-corrected chi connectivity index (χ3v) is 3.58. The molecule has 1 aliphatic heterocycles. The number of hydrogen-bond acceptors (Lipinski definition) is 4. The highest BCUT2D eigenvalue weighted by Gasteiger charge is 2.28. The van der Waals surface area contributed by atoms with Gasteiger partial charge in [0.25, 0.3) is 0 Å². The average Bonchev–Trinajstić information content (AvgIpc) is 2.92. The average molecular weight is 272 g/mol. The number of pyridine rings is 1.